The van der Waals surface area contributed by atoms with Crippen LogP contribution in [0.2, 0.25) is 0 Å². The summed E-state index contributed by atoms with van der Waals surface area (Å²) < 4.78 is 5.33. The molecule has 1 aliphatic rings. The van der Waals surface area contributed by atoms with Gasteiger partial charge in [0.25, 0.3) is 5.89 Å². The molecule has 6 heteroatoms. The van der Waals surface area contributed by atoms with E-state index >= 15 is 0 Å². The van der Waals surface area contributed by atoms with Gasteiger partial charge in [-0.3, -0.25) is 0 Å². The molecular weight excluding hydrogens is 260 g/mol. The second kappa shape index (κ2) is 5.02. The van der Waals surface area contributed by atoms with E-state index in [9.17, 15) is 0 Å². The van der Waals surface area contributed by atoms with Crippen molar-refractivity contribution in [1.82, 2.24) is 15.1 Å². The van der Waals surface area contributed by atoms with Crippen molar-refractivity contribution >= 4 is 11.3 Å². The molecule has 0 radical (unpaired) electrons. The molecule has 5 nitrogen and oxygen atoms in total. The number of thiazole rings is 1. The van der Waals surface area contributed by atoms with Gasteiger partial charge in [-0.15, -0.1) is 11.3 Å². The molecule has 102 valence electrons. The Hall–Kier alpha value is -1.27. The van der Waals surface area contributed by atoms with E-state index in [2.05, 4.69) is 22.0 Å². The predicted molar refractivity (Wildman–Crippen MR) is 73.8 cm³/mol. The molecule has 0 bridgehead atoms. The number of nitrogens with zero attached hydrogens (tertiary/aromatic N) is 3. The Morgan fingerprint density at radius 1 is 1.42 bits per heavy atom. The summed E-state index contributed by atoms with van der Waals surface area (Å²) in [6, 6.07) is -0.0585. The van der Waals surface area contributed by atoms with Crippen molar-refractivity contribution in [1.29, 1.82) is 0 Å². The maximum absolute atomic E-state index is 5.81. The number of hydrogen-bond donors (Lipinski definition) is 1. The molecule has 3 atom stereocenters. The number of nitrogens with two attached hydrogens (primary N) is 1. The maximum Gasteiger partial charge on any atom is 0.277 e. The third-order valence-corrected chi connectivity index (χ3v) is 4.68. The number of aromatic nitrogens is 3. The highest BCUT2D eigenvalue weighted by atomic mass is 32.1. The molecule has 1 fully saturated rings. The minimum Gasteiger partial charge on any atom is -0.332 e. The van der Waals surface area contributed by atoms with Crippen LogP contribution in [0.25, 0.3) is 11.6 Å². The largest absolute Gasteiger partial charge is 0.332 e. The zero-order valence-corrected chi connectivity index (χ0v) is 12.0. The Kier molecular flexibility index (Phi) is 3.36. The Morgan fingerprint density at radius 2 is 2.26 bits per heavy atom. The van der Waals surface area contributed by atoms with Crippen LogP contribution >= 0.6 is 11.3 Å². The van der Waals surface area contributed by atoms with Crippen molar-refractivity contribution < 1.29 is 4.52 Å². The second-order valence-electron chi connectivity index (χ2n) is 5.43. The van der Waals surface area contributed by atoms with E-state index in [0.29, 0.717) is 11.8 Å². The molecule has 2 N–H and O–H groups in total. The number of hydrogen-bond acceptors (Lipinski definition) is 6. The second-order valence-corrected chi connectivity index (χ2v) is 6.32. The summed E-state index contributed by atoms with van der Waals surface area (Å²) in [5.41, 5.74) is 6.54. The van der Waals surface area contributed by atoms with Gasteiger partial charge >= 0.3 is 0 Å². The minimum absolute atomic E-state index is 0.0585. The lowest BCUT2D eigenvalue weighted by atomic mass is 10.1. The standard InChI is InChI=1S/C13H18N4OS/c1-7-3-4-9(5-7)11-16-12(18-17-11)10-6-19-13(15-10)8(2)14/h6-9H,3-5,14H2,1-2H3. The van der Waals surface area contributed by atoms with Crippen LogP contribution in [0.3, 0.4) is 0 Å². The van der Waals surface area contributed by atoms with E-state index in [0.717, 1.165) is 35.3 Å². The first-order valence-corrected chi connectivity index (χ1v) is 7.56. The quantitative estimate of drug-likeness (QED) is 0.933. The molecule has 2 heterocycles. The van der Waals surface area contributed by atoms with E-state index in [4.69, 9.17) is 10.3 Å². The van der Waals surface area contributed by atoms with Gasteiger partial charge in [-0.25, -0.2) is 4.98 Å². The molecule has 0 saturated heterocycles. The lowest BCUT2D eigenvalue weighted by Gasteiger charge is -2.01. The molecular formula is C13H18N4OS. The summed E-state index contributed by atoms with van der Waals surface area (Å²) in [5, 5.41) is 6.93. The maximum atomic E-state index is 5.81. The van der Waals surface area contributed by atoms with Crippen LogP contribution in [0, 0.1) is 5.92 Å². The summed E-state index contributed by atoms with van der Waals surface area (Å²) in [6.45, 7) is 4.19. The average molecular weight is 278 g/mol. The first-order valence-electron chi connectivity index (χ1n) is 6.68. The van der Waals surface area contributed by atoms with Crippen molar-refractivity contribution in [2.45, 2.75) is 45.1 Å². The Labute approximate surface area is 116 Å². The van der Waals surface area contributed by atoms with Gasteiger partial charge in [0.1, 0.15) is 10.7 Å². The fourth-order valence-electron chi connectivity index (χ4n) is 2.54. The molecule has 0 amide bonds. The van der Waals surface area contributed by atoms with Crippen LogP contribution in [0.1, 0.15) is 55.9 Å². The minimum atomic E-state index is -0.0585. The summed E-state index contributed by atoms with van der Waals surface area (Å²) in [6.07, 6.45) is 3.56. The van der Waals surface area contributed by atoms with Gasteiger partial charge in [0.2, 0.25) is 0 Å². The van der Waals surface area contributed by atoms with Crippen LogP contribution in [0.5, 0.6) is 0 Å². The van der Waals surface area contributed by atoms with Crippen molar-refractivity contribution in [3.05, 3.63) is 16.2 Å². The van der Waals surface area contributed by atoms with E-state index < -0.39 is 0 Å². The van der Waals surface area contributed by atoms with E-state index in [1.54, 1.807) is 0 Å². The first kappa shape index (κ1) is 12.7. The zero-order chi connectivity index (χ0) is 13.4. The third kappa shape index (κ3) is 2.55. The third-order valence-electron chi connectivity index (χ3n) is 3.63. The van der Waals surface area contributed by atoms with Gasteiger partial charge in [-0.2, -0.15) is 4.98 Å². The molecule has 2 aromatic heterocycles. The van der Waals surface area contributed by atoms with Crippen molar-refractivity contribution in [2.75, 3.05) is 0 Å². The van der Waals surface area contributed by atoms with Crippen LogP contribution in [-0.4, -0.2) is 15.1 Å². The van der Waals surface area contributed by atoms with Crippen LogP contribution in [0.4, 0.5) is 0 Å². The molecule has 2 aromatic rings. The molecule has 3 unspecified atom stereocenters. The van der Waals surface area contributed by atoms with Gasteiger partial charge in [-0.1, -0.05) is 12.1 Å². The Balaban J connectivity index is 1.80. The highest BCUT2D eigenvalue weighted by Crippen LogP contribution is 2.37. The van der Waals surface area contributed by atoms with Gasteiger partial charge < -0.3 is 10.3 Å². The van der Waals surface area contributed by atoms with Crippen LogP contribution in [-0.2, 0) is 0 Å². The molecule has 0 aliphatic heterocycles. The van der Waals surface area contributed by atoms with Gasteiger partial charge in [0.15, 0.2) is 5.82 Å². The fraction of sp³-hybridized carbons (Fsp3) is 0.615. The van der Waals surface area contributed by atoms with Gasteiger partial charge in [0.05, 0.1) is 6.04 Å². The molecule has 0 spiro atoms. The fourth-order valence-corrected chi connectivity index (χ4v) is 3.29. The molecule has 19 heavy (non-hydrogen) atoms. The lowest BCUT2D eigenvalue weighted by Crippen LogP contribution is -2.03. The summed E-state index contributed by atoms with van der Waals surface area (Å²) >= 11 is 1.53. The van der Waals surface area contributed by atoms with Crippen LogP contribution in [0.15, 0.2) is 9.90 Å². The summed E-state index contributed by atoms with van der Waals surface area (Å²) in [4.78, 5) is 8.93. The highest BCUT2D eigenvalue weighted by Gasteiger charge is 2.27. The topological polar surface area (TPSA) is 77.8 Å². The van der Waals surface area contributed by atoms with Gasteiger partial charge in [0, 0.05) is 11.3 Å². The normalized spacial score (nSPS) is 24.8. The monoisotopic (exact) mass is 278 g/mol. The SMILES string of the molecule is CC1CCC(c2noc(-c3csc(C(C)N)n3)n2)C1. The molecule has 1 aliphatic carbocycles. The molecule has 1 saturated carbocycles. The Morgan fingerprint density at radius 3 is 2.89 bits per heavy atom. The average Bonchev–Trinajstić information content (AvgIpc) is 3.07. The van der Waals surface area contributed by atoms with E-state index in [-0.39, 0.29) is 6.04 Å². The Bertz CT molecular complexity index is 562. The molecule has 3 rings (SSSR count). The summed E-state index contributed by atoms with van der Waals surface area (Å²) in [5.74, 6) is 2.54. The van der Waals surface area contributed by atoms with Crippen LogP contribution < -0.4 is 5.73 Å². The van der Waals surface area contributed by atoms with E-state index in [1.807, 2.05) is 12.3 Å². The van der Waals surface area contributed by atoms with Crippen molar-refractivity contribution in [3.8, 4) is 11.6 Å². The number of rotatable bonds is 3. The van der Waals surface area contributed by atoms with E-state index in [1.165, 1.54) is 17.8 Å². The van der Waals surface area contributed by atoms with Gasteiger partial charge in [-0.05, 0) is 32.1 Å². The zero-order valence-electron chi connectivity index (χ0n) is 11.2. The smallest absolute Gasteiger partial charge is 0.277 e. The first-order chi connectivity index (χ1) is 9.13. The van der Waals surface area contributed by atoms with Crippen molar-refractivity contribution in [2.24, 2.45) is 11.7 Å². The molecule has 0 aromatic carbocycles. The predicted octanol–water partition coefficient (Wildman–Crippen LogP) is 3.12. The lowest BCUT2D eigenvalue weighted by molar-refractivity contribution is 0.413. The highest BCUT2D eigenvalue weighted by molar-refractivity contribution is 7.10. The van der Waals surface area contributed by atoms with Crippen molar-refractivity contribution in [3.63, 3.8) is 0 Å². The summed E-state index contributed by atoms with van der Waals surface area (Å²) in [7, 11) is 0.